The van der Waals surface area contributed by atoms with E-state index in [1.807, 2.05) is 14.0 Å². The summed E-state index contributed by atoms with van der Waals surface area (Å²) in [7, 11) is 1.88. The Kier molecular flexibility index (Phi) is 4.60. The Hall–Kier alpha value is -1.20. The van der Waals surface area contributed by atoms with E-state index in [0.29, 0.717) is 13.2 Å². The van der Waals surface area contributed by atoms with Crippen molar-refractivity contribution in [2.75, 3.05) is 25.6 Å². The summed E-state index contributed by atoms with van der Waals surface area (Å²) in [6, 6.07) is 0. The molecule has 2 rings (SSSR count). The molecule has 2 heterocycles. The normalized spacial score (nSPS) is 16.6. The molecule has 0 radical (unpaired) electrons. The first-order chi connectivity index (χ1) is 9.47. The highest BCUT2D eigenvalue weighted by molar-refractivity contribution is 5.46. The van der Waals surface area contributed by atoms with Crippen molar-refractivity contribution in [2.24, 2.45) is 5.41 Å². The van der Waals surface area contributed by atoms with Gasteiger partial charge in [-0.2, -0.15) is 0 Å². The molecule has 112 valence electrons. The maximum atomic E-state index is 5.90. The summed E-state index contributed by atoms with van der Waals surface area (Å²) in [6.45, 7) is 10.4. The second-order valence-electron chi connectivity index (χ2n) is 6.11. The van der Waals surface area contributed by atoms with E-state index in [0.717, 1.165) is 35.9 Å². The molecule has 1 atom stereocenters. The van der Waals surface area contributed by atoms with Crippen molar-refractivity contribution >= 4 is 5.82 Å². The van der Waals surface area contributed by atoms with Crippen molar-refractivity contribution in [1.82, 2.24) is 9.97 Å². The quantitative estimate of drug-likeness (QED) is 0.918. The van der Waals surface area contributed by atoms with Crippen LogP contribution in [0.2, 0.25) is 0 Å². The molecule has 1 aliphatic heterocycles. The van der Waals surface area contributed by atoms with Gasteiger partial charge >= 0.3 is 0 Å². The average Bonchev–Trinajstić information content (AvgIpc) is 2.42. The Morgan fingerprint density at radius 3 is 2.70 bits per heavy atom. The van der Waals surface area contributed by atoms with Gasteiger partial charge in [-0.15, -0.1) is 0 Å². The van der Waals surface area contributed by atoms with Crippen LogP contribution in [0.3, 0.4) is 0 Å². The zero-order chi connectivity index (χ0) is 14.8. The number of hydrogen-bond donors (Lipinski definition) is 1. The van der Waals surface area contributed by atoms with Crippen LogP contribution >= 0.6 is 0 Å². The number of hydrogen-bond acceptors (Lipinski definition) is 5. The van der Waals surface area contributed by atoms with Gasteiger partial charge in [-0.3, -0.25) is 0 Å². The van der Waals surface area contributed by atoms with Crippen molar-refractivity contribution in [1.29, 1.82) is 0 Å². The fourth-order valence-electron chi connectivity index (χ4n) is 2.45. The Balaban J connectivity index is 2.45. The number of anilines is 1. The molecule has 0 aliphatic carbocycles. The van der Waals surface area contributed by atoms with Gasteiger partial charge < -0.3 is 14.8 Å². The lowest BCUT2D eigenvalue weighted by Crippen LogP contribution is -2.26. The molecule has 1 aromatic rings. The number of nitrogens with zero attached hydrogens (tertiary/aromatic N) is 2. The van der Waals surface area contributed by atoms with Crippen LogP contribution in [0.25, 0.3) is 0 Å². The van der Waals surface area contributed by atoms with Crippen LogP contribution in [0, 0.1) is 5.41 Å². The van der Waals surface area contributed by atoms with E-state index in [9.17, 15) is 0 Å². The lowest BCUT2D eigenvalue weighted by atomic mass is 9.88. The highest BCUT2D eigenvalue weighted by atomic mass is 16.5. The summed E-state index contributed by atoms with van der Waals surface area (Å²) in [5, 5.41) is 3.16. The number of rotatable bonds is 4. The Morgan fingerprint density at radius 1 is 1.35 bits per heavy atom. The molecule has 0 aromatic carbocycles. The molecule has 1 aromatic heterocycles. The predicted octanol–water partition coefficient (Wildman–Crippen LogP) is 2.71. The zero-order valence-electron chi connectivity index (χ0n) is 13.1. The van der Waals surface area contributed by atoms with Gasteiger partial charge in [0.1, 0.15) is 11.9 Å². The van der Waals surface area contributed by atoms with E-state index in [2.05, 4.69) is 31.1 Å². The lowest BCUT2D eigenvalue weighted by Gasteiger charge is -2.30. The van der Waals surface area contributed by atoms with E-state index in [1.54, 1.807) is 0 Å². The molecular weight excluding hydrogens is 254 g/mol. The van der Waals surface area contributed by atoms with Gasteiger partial charge in [0.15, 0.2) is 5.82 Å². The van der Waals surface area contributed by atoms with Crippen molar-refractivity contribution in [2.45, 2.75) is 46.8 Å². The first-order valence-electron chi connectivity index (χ1n) is 7.24. The number of nitrogens with one attached hydrogen (secondary N) is 1. The second kappa shape index (κ2) is 6.06. The van der Waals surface area contributed by atoms with E-state index >= 15 is 0 Å². The molecule has 1 aliphatic rings. The first-order valence-corrected chi connectivity index (χ1v) is 7.24. The molecule has 1 N–H and O–H groups in total. The lowest BCUT2D eigenvalue weighted by molar-refractivity contribution is -0.0194. The van der Waals surface area contributed by atoms with Gasteiger partial charge in [-0.05, 0) is 12.3 Å². The molecule has 1 unspecified atom stereocenters. The molecule has 0 spiro atoms. The van der Waals surface area contributed by atoms with Crippen molar-refractivity contribution in [3.63, 3.8) is 0 Å². The molecular formula is C15H25N3O2. The van der Waals surface area contributed by atoms with Crippen LogP contribution in [0.15, 0.2) is 0 Å². The fourth-order valence-corrected chi connectivity index (χ4v) is 2.45. The van der Waals surface area contributed by atoms with Crippen LogP contribution in [0.5, 0.6) is 0 Å². The summed E-state index contributed by atoms with van der Waals surface area (Å²) in [6.07, 6.45) is 0.732. The third kappa shape index (κ3) is 3.10. The Morgan fingerprint density at radius 2 is 2.10 bits per heavy atom. The summed E-state index contributed by atoms with van der Waals surface area (Å²) < 4.78 is 11.4. The Labute approximate surface area is 121 Å². The van der Waals surface area contributed by atoms with Crippen molar-refractivity contribution in [3.8, 4) is 0 Å². The molecule has 5 nitrogen and oxygen atoms in total. The van der Waals surface area contributed by atoms with Gasteiger partial charge in [0.2, 0.25) is 0 Å². The van der Waals surface area contributed by atoms with Gasteiger partial charge in [-0.25, -0.2) is 9.97 Å². The van der Waals surface area contributed by atoms with Crippen molar-refractivity contribution in [3.05, 3.63) is 17.1 Å². The molecule has 5 heteroatoms. The van der Waals surface area contributed by atoms with Gasteiger partial charge in [-0.1, -0.05) is 20.8 Å². The largest absolute Gasteiger partial charge is 0.376 e. The third-order valence-corrected chi connectivity index (χ3v) is 3.43. The summed E-state index contributed by atoms with van der Waals surface area (Å²) in [5.41, 5.74) is 2.12. The van der Waals surface area contributed by atoms with E-state index in [4.69, 9.17) is 14.5 Å². The minimum Gasteiger partial charge on any atom is -0.376 e. The second-order valence-corrected chi connectivity index (χ2v) is 6.11. The molecule has 0 saturated carbocycles. The van der Waals surface area contributed by atoms with Crippen molar-refractivity contribution < 1.29 is 9.47 Å². The molecule has 0 bridgehead atoms. The SMILES string of the molecule is CCOC(c1nc2c(c(NC)n1)COCC2)C(C)(C)C. The minimum atomic E-state index is -0.104. The maximum Gasteiger partial charge on any atom is 0.160 e. The van der Waals surface area contributed by atoms with E-state index in [1.165, 1.54) is 0 Å². The third-order valence-electron chi connectivity index (χ3n) is 3.43. The number of ether oxygens (including phenoxy) is 2. The molecule has 0 saturated heterocycles. The highest BCUT2D eigenvalue weighted by Crippen LogP contribution is 2.36. The summed E-state index contributed by atoms with van der Waals surface area (Å²) in [4.78, 5) is 9.41. The Bertz CT molecular complexity index is 452. The van der Waals surface area contributed by atoms with Crippen LogP contribution < -0.4 is 5.32 Å². The zero-order valence-corrected chi connectivity index (χ0v) is 13.1. The van der Waals surface area contributed by atoms with E-state index < -0.39 is 0 Å². The van der Waals surface area contributed by atoms with Crippen LogP contribution in [0.4, 0.5) is 5.82 Å². The van der Waals surface area contributed by atoms with Crippen LogP contribution in [-0.4, -0.2) is 30.2 Å². The summed E-state index contributed by atoms with van der Waals surface area (Å²) in [5.74, 6) is 1.63. The highest BCUT2D eigenvalue weighted by Gasteiger charge is 2.31. The summed E-state index contributed by atoms with van der Waals surface area (Å²) >= 11 is 0. The van der Waals surface area contributed by atoms with Gasteiger partial charge in [0.05, 0.1) is 18.9 Å². The van der Waals surface area contributed by atoms with E-state index in [-0.39, 0.29) is 11.5 Å². The smallest absolute Gasteiger partial charge is 0.160 e. The molecule has 0 amide bonds. The van der Waals surface area contributed by atoms with Crippen LogP contribution in [0.1, 0.15) is 50.9 Å². The maximum absolute atomic E-state index is 5.90. The average molecular weight is 279 g/mol. The standard InChI is InChI=1S/C15H25N3O2/c1-6-20-12(15(2,3)4)14-17-11-7-8-19-9-10(11)13(16-5)18-14/h12H,6-9H2,1-5H3,(H,16,17,18). The van der Waals surface area contributed by atoms with Crippen LogP contribution in [-0.2, 0) is 22.5 Å². The first kappa shape index (κ1) is 15.2. The van der Waals surface area contributed by atoms with Gasteiger partial charge in [0.25, 0.3) is 0 Å². The monoisotopic (exact) mass is 279 g/mol. The predicted molar refractivity (Wildman–Crippen MR) is 78.8 cm³/mol. The fraction of sp³-hybridized carbons (Fsp3) is 0.733. The number of aromatic nitrogens is 2. The molecule has 0 fully saturated rings. The minimum absolute atomic E-state index is 0.0412. The topological polar surface area (TPSA) is 56.3 Å². The van der Waals surface area contributed by atoms with Gasteiger partial charge in [0, 0.05) is 25.6 Å². The molecule has 20 heavy (non-hydrogen) atoms. The number of fused-ring (bicyclic) bond motifs is 1.